The molecule has 0 aromatic heterocycles. The molecule has 0 aliphatic heterocycles. The number of hydrogen-bond donors (Lipinski definition) is 1. The van der Waals surface area contributed by atoms with Crippen LogP contribution in [0.5, 0.6) is 0 Å². The van der Waals surface area contributed by atoms with Crippen molar-refractivity contribution in [3.63, 3.8) is 0 Å². The molecule has 78 valence electrons. The fourth-order valence-corrected chi connectivity index (χ4v) is 2.22. The molecule has 1 aromatic carbocycles. The SMILES string of the molecule is CNCCc1cc(Cl)c(C)c(Br)c1C. The van der Waals surface area contributed by atoms with Crippen molar-refractivity contribution in [3.05, 3.63) is 32.3 Å². The first-order chi connectivity index (χ1) is 6.57. The van der Waals surface area contributed by atoms with Gasteiger partial charge in [-0.25, -0.2) is 0 Å². The molecule has 0 unspecified atom stereocenters. The average molecular weight is 277 g/mol. The van der Waals surface area contributed by atoms with Crippen molar-refractivity contribution in [2.45, 2.75) is 20.3 Å². The van der Waals surface area contributed by atoms with Gasteiger partial charge in [0.1, 0.15) is 0 Å². The van der Waals surface area contributed by atoms with Crippen LogP contribution in [0, 0.1) is 13.8 Å². The molecule has 0 saturated carbocycles. The van der Waals surface area contributed by atoms with Gasteiger partial charge in [-0.15, -0.1) is 0 Å². The fourth-order valence-electron chi connectivity index (χ4n) is 1.42. The van der Waals surface area contributed by atoms with E-state index in [0.717, 1.165) is 28.0 Å². The molecule has 0 fully saturated rings. The van der Waals surface area contributed by atoms with Gasteiger partial charge in [-0.3, -0.25) is 0 Å². The maximum Gasteiger partial charge on any atom is 0.0449 e. The normalized spacial score (nSPS) is 10.6. The summed E-state index contributed by atoms with van der Waals surface area (Å²) in [5.41, 5.74) is 3.72. The van der Waals surface area contributed by atoms with Crippen molar-refractivity contribution in [3.8, 4) is 0 Å². The second-order valence-corrected chi connectivity index (χ2v) is 4.64. The Kier molecular flexibility index (Phi) is 4.42. The molecule has 0 spiro atoms. The summed E-state index contributed by atoms with van der Waals surface area (Å²) >= 11 is 9.69. The van der Waals surface area contributed by atoms with E-state index in [1.54, 1.807) is 0 Å². The molecule has 1 N–H and O–H groups in total. The molecule has 1 aromatic rings. The molecule has 3 heteroatoms. The van der Waals surface area contributed by atoms with Crippen molar-refractivity contribution < 1.29 is 0 Å². The van der Waals surface area contributed by atoms with Crippen LogP contribution >= 0.6 is 27.5 Å². The van der Waals surface area contributed by atoms with E-state index in [9.17, 15) is 0 Å². The lowest BCUT2D eigenvalue weighted by molar-refractivity contribution is 0.788. The molecule has 0 saturated heterocycles. The molecule has 0 heterocycles. The Morgan fingerprint density at radius 1 is 1.36 bits per heavy atom. The van der Waals surface area contributed by atoms with Gasteiger partial charge >= 0.3 is 0 Å². The van der Waals surface area contributed by atoms with Crippen molar-refractivity contribution in [1.82, 2.24) is 5.32 Å². The number of likely N-dealkylation sites (N-methyl/N-ethyl adjacent to an activating group) is 1. The van der Waals surface area contributed by atoms with Crippen LogP contribution in [-0.2, 0) is 6.42 Å². The molecule has 0 amide bonds. The minimum absolute atomic E-state index is 0.841. The summed E-state index contributed by atoms with van der Waals surface area (Å²) in [7, 11) is 1.96. The molecule has 0 bridgehead atoms. The molecular formula is C11H15BrClN. The van der Waals surface area contributed by atoms with Gasteiger partial charge < -0.3 is 5.32 Å². The maximum atomic E-state index is 6.12. The third kappa shape index (κ3) is 2.50. The highest BCUT2D eigenvalue weighted by atomic mass is 79.9. The van der Waals surface area contributed by atoms with Crippen LogP contribution in [0.2, 0.25) is 5.02 Å². The van der Waals surface area contributed by atoms with Gasteiger partial charge in [-0.05, 0) is 56.6 Å². The van der Waals surface area contributed by atoms with Gasteiger partial charge in [0.15, 0.2) is 0 Å². The maximum absolute atomic E-state index is 6.12. The van der Waals surface area contributed by atoms with Crippen molar-refractivity contribution in [1.29, 1.82) is 0 Å². The highest BCUT2D eigenvalue weighted by molar-refractivity contribution is 9.10. The van der Waals surface area contributed by atoms with E-state index in [1.807, 2.05) is 14.0 Å². The predicted molar refractivity (Wildman–Crippen MR) is 66.3 cm³/mol. The summed E-state index contributed by atoms with van der Waals surface area (Å²) < 4.78 is 1.14. The van der Waals surface area contributed by atoms with Gasteiger partial charge in [0.2, 0.25) is 0 Å². The first-order valence-electron chi connectivity index (χ1n) is 4.66. The summed E-state index contributed by atoms with van der Waals surface area (Å²) in [6.45, 7) is 5.13. The number of hydrogen-bond acceptors (Lipinski definition) is 1. The Balaban J connectivity index is 3.06. The third-order valence-electron chi connectivity index (χ3n) is 2.44. The monoisotopic (exact) mass is 275 g/mol. The lowest BCUT2D eigenvalue weighted by Gasteiger charge is -2.11. The highest BCUT2D eigenvalue weighted by Gasteiger charge is 2.08. The van der Waals surface area contributed by atoms with Gasteiger partial charge in [0, 0.05) is 9.50 Å². The molecular weight excluding hydrogens is 261 g/mol. The van der Waals surface area contributed by atoms with E-state index >= 15 is 0 Å². The van der Waals surface area contributed by atoms with Crippen LogP contribution in [0.15, 0.2) is 10.5 Å². The number of nitrogens with one attached hydrogen (secondary N) is 1. The van der Waals surface area contributed by atoms with E-state index in [1.165, 1.54) is 11.1 Å². The van der Waals surface area contributed by atoms with E-state index < -0.39 is 0 Å². The Morgan fingerprint density at radius 2 is 2.00 bits per heavy atom. The predicted octanol–water partition coefficient (Wildman–Crippen LogP) is 3.48. The summed E-state index contributed by atoms with van der Waals surface area (Å²) in [6, 6.07) is 2.06. The summed E-state index contributed by atoms with van der Waals surface area (Å²) in [5, 5.41) is 3.98. The first kappa shape index (κ1) is 12.0. The zero-order chi connectivity index (χ0) is 10.7. The largest absolute Gasteiger partial charge is 0.319 e. The minimum Gasteiger partial charge on any atom is -0.319 e. The second kappa shape index (κ2) is 5.15. The Labute approximate surface area is 99.0 Å². The molecule has 1 rings (SSSR count). The molecule has 14 heavy (non-hydrogen) atoms. The lowest BCUT2D eigenvalue weighted by atomic mass is 10.0. The molecule has 0 aliphatic carbocycles. The van der Waals surface area contributed by atoms with Gasteiger partial charge in [0.25, 0.3) is 0 Å². The number of halogens is 2. The van der Waals surface area contributed by atoms with Gasteiger partial charge in [0.05, 0.1) is 0 Å². The highest BCUT2D eigenvalue weighted by Crippen LogP contribution is 2.30. The number of benzene rings is 1. The van der Waals surface area contributed by atoms with Crippen LogP contribution in [0.4, 0.5) is 0 Å². The van der Waals surface area contributed by atoms with Crippen LogP contribution in [0.3, 0.4) is 0 Å². The summed E-state index contributed by atoms with van der Waals surface area (Å²) in [4.78, 5) is 0. The van der Waals surface area contributed by atoms with Crippen LogP contribution < -0.4 is 5.32 Å². The Morgan fingerprint density at radius 3 is 2.57 bits per heavy atom. The minimum atomic E-state index is 0.841. The zero-order valence-electron chi connectivity index (χ0n) is 8.75. The Bertz CT molecular complexity index is 337. The van der Waals surface area contributed by atoms with Crippen LogP contribution in [-0.4, -0.2) is 13.6 Å². The molecule has 0 aliphatic rings. The Hall–Kier alpha value is -0.0500. The van der Waals surface area contributed by atoms with Crippen LogP contribution in [0.25, 0.3) is 0 Å². The average Bonchev–Trinajstić information content (AvgIpc) is 2.18. The van der Waals surface area contributed by atoms with E-state index in [-0.39, 0.29) is 0 Å². The van der Waals surface area contributed by atoms with E-state index in [0.29, 0.717) is 0 Å². The molecule has 0 atom stereocenters. The van der Waals surface area contributed by atoms with Gasteiger partial charge in [-0.2, -0.15) is 0 Å². The molecule has 1 nitrogen and oxygen atoms in total. The fraction of sp³-hybridized carbons (Fsp3) is 0.455. The smallest absolute Gasteiger partial charge is 0.0449 e. The standard InChI is InChI=1S/C11H15BrClN/c1-7-9(4-5-14-3)6-10(13)8(2)11(7)12/h6,14H,4-5H2,1-3H3. The van der Waals surface area contributed by atoms with Crippen molar-refractivity contribution >= 4 is 27.5 Å². The van der Waals surface area contributed by atoms with Crippen LogP contribution in [0.1, 0.15) is 16.7 Å². The summed E-state index contributed by atoms with van der Waals surface area (Å²) in [6.07, 6.45) is 1.01. The number of rotatable bonds is 3. The first-order valence-corrected chi connectivity index (χ1v) is 5.83. The third-order valence-corrected chi connectivity index (χ3v) is 4.03. The quantitative estimate of drug-likeness (QED) is 0.891. The van der Waals surface area contributed by atoms with Crippen molar-refractivity contribution in [2.24, 2.45) is 0 Å². The second-order valence-electron chi connectivity index (χ2n) is 3.44. The lowest BCUT2D eigenvalue weighted by Crippen LogP contribution is -2.11. The topological polar surface area (TPSA) is 12.0 Å². The zero-order valence-corrected chi connectivity index (χ0v) is 11.1. The molecule has 0 radical (unpaired) electrons. The van der Waals surface area contributed by atoms with Crippen molar-refractivity contribution in [2.75, 3.05) is 13.6 Å². The van der Waals surface area contributed by atoms with Gasteiger partial charge in [-0.1, -0.05) is 27.5 Å². The summed E-state index contributed by atoms with van der Waals surface area (Å²) in [5.74, 6) is 0. The van der Waals surface area contributed by atoms with E-state index in [4.69, 9.17) is 11.6 Å². The van der Waals surface area contributed by atoms with E-state index in [2.05, 4.69) is 34.2 Å².